The van der Waals surface area contributed by atoms with Crippen molar-refractivity contribution in [3.05, 3.63) is 42.1 Å². The number of nitrogen functional groups attached to an aromatic ring is 1. The lowest BCUT2D eigenvalue weighted by atomic mass is 10.1. The minimum absolute atomic E-state index is 0.617. The quantitative estimate of drug-likeness (QED) is 0.747. The number of nitrogens with two attached hydrogens (primary N) is 1. The largest absolute Gasteiger partial charge is 0.491 e. The van der Waals surface area contributed by atoms with Crippen LogP contribution in [0.4, 0.5) is 5.69 Å². The number of aryl methyl sites for hydroxylation is 1. The van der Waals surface area contributed by atoms with E-state index in [1.54, 1.807) is 0 Å². The smallest absolute Gasteiger partial charge is 0.168 e. The Balaban J connectivity index is 2.05. The molecular weight excluding hydrogens is 264 g/mol. The van der Waals surface area contributed by atoms with Gasteiger partial charge in [-0.15, -0.1) is 10.2 Å². The van der Waals surface area contributed by atoms with Crippen molar-refractivity contribution in [2.24, 2.45) is 0 Å². The second-order valence-corrected chi connectivity index (χ2v) is 4.99. The first-order chi connectivity index (χ1) is 10.2. The molecule has 3 rings (SSSR count). The average molecular weight is 282 g/mol. The third kappa shape index (κ3) is 2.42. The molecule has 0 saturated heterocycles. The lowest BCUT2D eigenvalue weighted by Gasteiger charge is -2.09. The van der Waals surface area contributed by atoms with Crippen molar-refractivity contribution >= 4 is 11.3 Å². The second-order valence-electron chi connectivity index (χ2n) is 4.99. The zero-order valence-electron chi connectivity index (χ0n) is 12.2. The predicted octanol–water partition coefficient (Wildman–Crippen LogP) is 3.08. The number of pyridine rings is 1. The highest BCUT2D eigenvalue weighted by Crippen LogP contribution is 2.28. The second kappa shape index (κ2) is 5.44. The normalized spacial score (nSPS) is 11.0. The van der Waals surface area contributed by atoms with Crippen LogP contribution in [0.1, 0.15) is 19.0 Å². The molecule has 21 heavy (non-hydrogen) atoms. The number of aromatic nitrogens is 3. The highest BCUT2D eigenvalue weighted by Gasteiger charge is 2.11. The van der Waals surface area contributed by atoms with Crippen molar-refractivity contribution in [1.82, 2.24) is 14.6 Å². The van der Waals surface area contributed by atoms with Crippen LogP contribution in [0.2, 0.25) is 0 Å². The van der Waals surface area contributed by atoms with Gasteiger partial charge >= 0.3 is 0 Å². The number of ether oxygens (including phenoxy) is 1. The highest BCUT2D eigenvalue weighted by molar-refractivity contribution is 5.68. The standard InChI is InChI=1S/C16H18N4O/c1-3-9-21-14-8-7-12(10-13(14)17)16-19-18-15-6-4-5-11(2)20(15)16/h4-8,10H,3,9,17H2,1-2H3. The summed E-state index contributed by atoms with van der Waals surface area (Å²) in [6.07, 6.45) is 0.954. The molecule has 0 radical (unpaired) electrons. The minimum atomic E-state index is 0.617. The topological polar surface area (TPSA) is 65.4 Å². The molecule has 5 nitrogen and oxygen atoms in total. The molecule has 2 aromatic heterocycles. The Morgan fingerprint density at radius 1 is 1.19 bits per heavy atom. The summed E-state index contributed by atoms with van der Waals surface area (Å²) in [4.78, 5) is 0. The van der Waals surface area contributed by atoms with Crippen LogP contribution >= 0.6 is 0 Å². The average Bonchev–Trinajstić information content (AvgIpc) is 2.91. The van der Waals surface area contributed by atoms with Crippen molar-refractivity contribution in [2.75, 3.05) is 12.3 Å². The van der Waals surface area contributed by atoms with E-state index in [0.717, 1.165) is 29.1 Å². The first-order valence-corrected chi connectivity index (χ1v) is 7.04. The van der Waals surface area contributed by atoms with E-state index in [1.807, 2.05) is 47.7 Å². The van der Waals surface area contributed by atoms with Crippen molar-refractivity contribution in [2.45, 2.75) is 20.3 Å². The Labute approximate surface area is 123 Å². The summed E-state index contributed by atoms with van der Waals surface area (Å²) in [5.74, 6) is 1.50. The monoisotopic (exact) mass is 282 g/mol. The van der Waals surface area contributed by atoms with E-state index in [-0.39, 0.29) is 0 Å². The number of rotatable bonds is 4. The van der Waals surface area contributed by atoms with Gasteiger partial charge in [-0.1, -0.05) is 13.0 Å². The zero-order chi connectivity index (χ0) is 14.8. The maximum absolute atomic E-state index is 6.07. The van der Waals surface area contributed by atoms with Gasteiger partial charge in [0.2, 0.25) is 0 Å². The lowest BCUT2D eigenvalue weighted by Crippen LogP contribution is -2.00. The molecule has 0 atom stereocenters. The van der Waals surface area contributed by atoms with E-state index in [0.29, 0.717) is 18.0 Å². The van der Waals surface area contributed by atoms with E-state index in [9.17, 15) is 0 Å². The zero-order valence-corrected chi connectivity index (χ0v) is 12.2. The number of nitrogens with zero attached hydrogens (tertiary/aromatic N) is 3. The number of fused-ring (bicyclic) bond motifs is 1. The third-order valence-electron chi connectivity index (χ3n) is 3.35. The van der Waals surface area contributed by atoms with Crippen LogP contribution < -0.4 is 10.5 Å². The fourth-order valence-corrected chi connectivity index (χ4v) is 2.32. The van der Waals surface area contributed by atoms with E-state index < -0.39 is 0 Å². The van der Waals surface area contributed by atoms with E-state index in [4.69, 9.17) is 10.5 Å². The van der Waals surface area contributed by atoms with Crippen LogP contribution in [0.25, 0.3) is 17.0 Å². The van der Waals surface area contributed by atoms with Gasteiger partial charge in [0, 0.05) is 11.3 Å². The molecule has 3 aromatic rings. The summed E-state index contributed by atoms with van der Waals surface area (Å²) in [5, 5.41) is 8.47. The first-order valence-electron chi connectivity index (χ1n) is 7.04. The van der Waals surface area contributed by atoms with Gasteiger partial charge in [-0.2, -0.15) is 0 Å². The molecule has 2 N–H and O–H groups in total. The first kappa shape index (κ1) is 13.4. The fourth-order valence-electron chi connectivity index (χ4n) is 2.32. The molecule has 2 heterocycles. The lowest BCUT2D eigenvalue weighted by molar-refractivity contribution is 0.319. The van der Waals surface area contributed by atoms with Crippen molar-refractivity contribution in [3.8, 4) is 17.1 Å². The summed E-state index contributed by atoms with van der Waals surface area (Å²) in [6, 6.07) is 11.7. The summed E-state index contributed by atoms with van der Waals surface area (Å²) in [6.45, 7) is 4.76. The molecule has 0 aliphatic carbocycles. The van der Waals surface area contributed by atoms with Crippen LogP contribution in [0.15, 0.2) is 36.4 Å². The molecule has 0 amide bonds. The van der Waals surface area contributed by atoms with Crippen LogP contribution in [0.3, 0.4) is 0 Å². The predicted molar refractivity (Wildman–Crippen MR) is 83.4 cm³/mol. The minimum Gasteiger partial charge on any atom is -0.491 e. The molecule has 0 fully saturated rings. The SMILES string of the molecule is CCCOc1ccc(-c2nnc3cccc(C)n23)cc1N. The maximum atomic E-state index is 6.07. The van der Waals surface area contributed by atoms with E-state index in [2.05, 4.69) is 17.1 Å². The number of hydrogen-bond donors (Lipinski definition) is 1. The van der Waals surface area contributed by atoms with Gasteiger partial charge in [-0.3, -0.25) is 4.40 Å². The van der Waals surface area contributed by atoms with Gasteiger partial charge in [0.25, 0.3) is 0 Å². The van der Waals surface area contributed by atoms with Crippen molar-refractivity contribution in [3.63, 3.8) is 0 Å². The summed E-state index contributed by atoms with van der Waals surface area (Å²) in [7, 11) is 0. The van der Waals surface area contributed by atoms with Crippen LogP contribution in [0.5, 0.6) is 5.75 Å². The molecule has 0 unspecified atom stereocenters. The molecular formula is C16H18N4O. The van der Waals surface area contributed by atoms with Gasteiger partial charge in [0.15, 0.2) is 11.5 Å². The molecule has 108 valence electrons. The van der Waals surface area contributed by atoms with Gasteiger partial charge in [0.1, 0.15) is 5.75 Å². The summed E-state index contributed by atoms with van der Waals surface area (Å²) >= 11 is 0. The number of hydrogen-bond acceptors (Lipinski definition) is 4. The molecule has 5 heteroatoms. The Hall–Kier alpha value is -2.56. The molecule has 1 aromatic carbocycles. The summed E-state index contributed by atoms with van der Waals surface area (Å²) in [5.41, 5.74) is 9.52. The fraction of sp³-hybridized carbons (Fsp3) is 0.250. The summed E-state index contributed by atoms with van der Waals surface area (Å²) < 4.78 is 7.62. The molecule has 0 aliphatic rings. The Kier molecular flexibility index (Phi) is 3.48. The van der Waals surface area contributed by atoms with Crippen molar-refractivity contribution < 1.29 is 4.74 Å². The van der Waals surface area contributed by atoms with Gasteiger partial charge < -0.3 is 10.5 Å². The Morgan fingerprint density at radius 2 is 2.05 bits per heavy atom. The van der Waals surface area contributed by atoms with Crippen LogP contribution in [0, 0.1) is 6.92 Å². The maximum Gasteiger partial charge on any atom is 0.168 e. The molecule has 0 saturated carbocycles. The highest BCUT2D eigenvalue weighted by atomic mass is 16.5. The molecule has 0 spiro atoms. The Morgan fingerprint density at radius 3 is 2.81 bits per heavy atom. The third-order valence-corrected chi connectivity index (χ3v) is 3.35. The van der Waals surface area contributed by atoms with Crippen LogP contribution in [-0.4, -0.2) is 21.2 Å². The molecule has 0 bridgehead atoms. The number of anilines is 1. The van der Waals surface area contributed by atoms with E-state index in [1.165, 1.54) is 0 Å². The van der Waals surface area contributed by atoms with Crippen LogP contribution in [-0.2, 0) is 0 Å². The Bertz CT molecular complexity index is 779. The van der Waals surface area contributed by atoms with Gasteiger partial charge in [-0.05, 0) is 43.7 Å². The van der Waals surface area contributed by atoms with E-state index >= 15 is 0 Å². The van der Waals surface area contributed by atoms with Crippen molar-refractivity contribution in [1.29, 1.82) is 0 Å². The van der Waals surface area contributed by atoms with Gasteiger partial charge in [-0.25, -0.2) is 0 Å². The van der Waals surface area contributed by atoms with Gasteiger partial charge in [0.05, 0.1) is 12.3 Å². The number of benzene rings is 1. The molecule has 0 aliphatic heterocycles.